The second kappa shape index (κ2) is 4.61. The maximum atomic E-state index is 12.1. The highest BCUT2D eigenvalue weighted by atomic mass is 16.4. The third-order valence-corrected chi connectivity index (χ3v) is 2.33. The number of benzene rings is 1. The molecule has 1 aromatic heterocycles. The molecule has 5 heteroatoms. The molecule has 1 aromatic carbocycles. The fourth-order valence-corrected chi connectivity index (χ4v) is 1.50. The average Bonchev–Trinajstić information content (AvgIpc) is 2.78. The topological polar surface area (TPSA) is 67.5 Å². The van der Waals surface area contributed by atoms with Crippen LogP contribution in [0.1, 0.15) is 15.9 Å². The molecule has 2 rings (SSSR count). The van der Waals surface area contributed by atoms with Crippen LogP contribution < -0.4 is 0 Å². The fraction of sp³-hybridized carbons (Fsp3) is 0.0833. The average molecular weight is 229 g/mol. The summed E-state index contributed by atoms with van der Waals surface area (Å²) in [5, 5.41) is 15.9. The van der Waals surface area contributed by atoms with Gasteiger partial charge in [-0.1, -0.05) is 35.5 Å². The smallest absolute Gasteiger partial charge is 0.215 e. The van der Waals surface area contributed by atoms with Gasteiger partial charge in [-0.3, -0.25) is 9.48 Å². The van der Waals surface area contributed by atoms with Gasteiger partial charge in [-0.2, -0.15) is 5.10 Å². The van der Waals surface area contributed by atoms with E-state index in [4.69, 9.17) is 5.21 Å². The van der Waals surface area contributed by atoms with Crippen LogP contribution >= 0.6 is 0 Å². The summed E-state index contributed by atoms with van der Waals surface area (Å²) < 4.78 is 1.54. The Hall–Kier alpha value is -2.43. The number of carbonyl (C=O) groups excluding carboxylic acids is 1. The number of nitrogens with zero attached hydrogens (tertiary/aromatic N) is 3. The quantitative estimate of drug-likeness (QED) is 0.375. The summed E-state index contributed by atoms with van der Waals surface area (Å²) in [6, 6.07) is 8.67. The van der Waals surface area contributed by atoms with Gasteiger partial charge in [-0.25, -0.2) is 0 Å². The summed E-state index contributed by atoms with van der Waals surface area (Å²) in [4.78, 5) is 12.1. The second-order valence-corrected chi connectivity index (χ2v) is 3.55. The first-order chi connectivity index (χ1) is 8.22. The van der Waals surface area contributed by atoms with Crippen LogP contribution in [0.15, 0.2) is 47.9 Å². The maximum Gasteiger partial charge on any atom is 0.215 e. The molecule has 0 aliphatic rings. The molecule has 5 nitrogen and oxygen atoms in total. The van der Waals surface area contributed by atoms with Crippen LogP contribution in [0.2, 0.25) is 0 Å². The number of rotatable bonds is 3. The number of hydrogen-bond donors (Lipinski definition) is 1. The number of Topliss-reactive ketones (excluding diaryl/α,β-unsaturated/α-hetero) is 1. The van der Waals surface area contributed by atoms with Crippen LogP contribution in [0, 0.1) is 0 Å². The lowest BCUT2D eigenvalue weighted by Gasteiger charge is -2.00. The van der Waals surface area contributed by atoms with E-state index in [0.717, 1.165) is 0 Å². The van der Waals surface area contributed by atoms with E-state index in [1.165, 1.54) is 6.20 Å². The van der Waals surface area contributed by atoms with Crippen LogP contribution in [0.3, 0.4) is 0 Å². The largest absolute Gasteiger partial charge is 0.410 e. The summed E-state index contributed by atoms with van der Waals surface area (Å²) >= 11 is 0. The summed E-state index contributed by atoms with van der Waals surface area (Å²) in [7, 11) is 1.73. The number of oxime groups is 1. The highest BCUT2D eigenvalue weighted by Crippen LogP contribution is 2.07. The highest BCUT2D eigenvalue weighted by molar-refractivity contribution is 6.51. The fourth-order valence-electron chi connectivity index (χ4n) is 1.50. The van der Waals surface area contributed by atoms with E-state index < -0.39 is 0 Å². The Balaban J connectivity index is 2.36. The SMILES string of the molecule is Cn1cc(/C(=N/O)C(=O)c2ccccc2)cn1. The molecule has 0 saturated carbocycles. The van der Waals surface area contributed by atoms with E-state index in [1.807, 2.05) is 6.07 Å². The zero-order chi connectivity index (χ0) is 12.3. The van der Waals surface area contributed by atoms with E-state index in [-0.39, 0.29) is 11.5 Å². The lowest BCUT2D eigenvalue weighted by molar-refractivity contribution is 0.106. The minimum atomic E-state index is -0.332. The molecule has 0 bridgehead atoms. The van der Waals surface area contributed by atoms with Crippen LogP contribution in [-0.2, 0) is 7.05 Å². The molecule has 0 saturated heterocycles. The van der Waals surface area contributed by atoms with Crippen LogP contribution in [0.4, 0.5) is 0 Å². The van der Waals surface area contributed by atoms with Crippen molar-refractivity contribution in [2.24, 2.45) is 12.2 Å². The molecule has 0 spiro atoms. The van der Waals surface area contributed by atoms with E-state index in [0.29, 0.717) is 11.1 Å². The van der Waals surface area contributed by atoms with E-state index in [9.17, 15) is 4.79 Å². The number of carbonyl (C=O) groups is 1. The van der Waals surface area contributed by atoms with Gasteiger partial charge in [0.15, 0.2) is 5.71 Å². The van der Waals surface area contributed by atoms with Gasteiger partial charge < -0.3 is 5.21 Å². The summed E-state index contributed by atoms with van der Waals surface area (Å²) in [6.07, 6.45) is 3.10. The molecule has 2 aromatic rings. The molecular formula is C12H11N3O2. The highest BCUT2D eigenvalue weighted by Gasteiger charge is 2.17. The summed E-state index contributed by atoms with van der Waals surface area (Å²) in [6.45, 7) is 0. The first kappa shape index (κ1) is 11.1. The van der Waals surface area contributed by atoms with Crippen molar-refractivity contribution in [3.8, 4) is 0 Å². The second-order valence-electron chi connectivity index (χ2n) is 3.55. The summed E-state index contributed by atoms with van der Waals surface area (Å²) in [5.74, 6) is -0.332. The van der Waals surface area contributed by atoms with E-state index >= 15 is 0 Å². The van der Waals surface area contributed by atoms with Gasteiger partial charge in [-0.15, -0.1) is 0 Å². The molecule has 17 heavy (non-hydrogen) atoms. The Labute approximate surface area is 98.0 Å². The third-order valence-electron chi connectivity index (χ3n) is 2.33. The molecule has 0 unspecified atom stereocenters. The van der Waals surface area contributed by atoms with Crippen LogP contribution in [0.5, 0.6) is 0 Å². The molecule has 0 atom stereocenters. The van der Waals surface area contributed by atoms with Gasteiger partial charge in [0.05, 0.1) is 6.20 Å². The molecular weight excluding hydrogens is 218 g/mol. The first-order valence-electron chi connectivity index (χ1n) is 5.03. The molecule has 0 radical (unpaired) electrons. The van der Waals surface area contributed by atoms with Crippen molar-refractivity contribution in [2.45, 2.75) is 0 Å². The minimum absolute atomic E-state index is 0.00991. The monoisotopic (exact) mass is 229 g/mol. The Morgan fingerprint density at radius 2 is 2.00 bits per heavy atom. The third kappa shape index (κ3) is 2.23. The lowest BCUT2D eigenvalue weighted by atomic mass is 10.0. The number of ketones is 1. The van der Waals surface area contributed by atoms with Crippen molar-refractivity contribution < 1.29 is 10.0 Å². The van der Waals surface area contributed by atoms with Gasteiger partial charge in [0.2, 0.25) is 5.78 Å². The molecule has 86 valence electrons. The van der Waals surface area contributed by atoms with Crippen LogP contribution in [-0.4, -0.2) is 26.5 Å². The van der Waals surface area contributed by atoms with Crippen molar-refractivity contribution in [1.82, 2.24) is 9.78 Å². The van der Waals surface area contributed by atoms with Crippen molar-refractivity contribution in [2.75, 3.05) is 0 Å². The molecule has 0 aliphatic carbocycles. The first-order valence-corrected chi connectivity index (χ1v) is 5.03. The summed E-state index contributed by atoms with van der Waals surface area (Å²) in [5.41, 5.74) is 0.956. The predicted molar refractivity (Wildman–Crippen MR) is 62.3 cm³/mol. The number of hydrogen-bond acceptors (Lipinski definition) is 4. The number of aromatic nitrogens is 2. The Kier molecular flexibility index (Phi) is 3.00. The standard InChI is InChI=1S/C12H11N3O2/c1-15-8-10(7-13-15)11(14-17)12(16)9-5-3-2-4-6-9/h2-8,17H,1H3/b14-11-. The zero-order valence-corrected chi connectivity index (χ0v) is 9.24. The zero-order valence-electron chi connectivity index (χ0n) is 9.24. The van der Waals surface area contributed by atoms with Gasteiger partial charge in [0.1, 0.15) is 0 Å². The van der Waals surface area contributed by atoms with Crippen molar-refractivity contribution in [3.05, 3.63) is 53.9 Å². The maximum absolute atomic E-state index is 12.1. The minimum Gasteiger partial charge on any atom is -0.410 e. The Bertz CT molecular complexity index is 558. The van der Waals surface area contributed by atoms with Crippen molar-refractivity contribution in [1.29, 1.82) is 0 Å². The Morgan fingerprint density at radius 1 is 1.29 bits per heavy atom. The van der Waals surface area contributed by atoms with E-state index in [1.54, 1.807) is 42.2 Å². The van der Waals surface area contributed by atoms with Crippen molar-refractivity contribution >= 4 is 11.5 Å². The van der Waals surface area contributed by atoms with Crippen molar-refractivity contribution in [3.63, 3.8) is 0 Å². The molecule has 0 fully saturated rings. The molecule has 0 amide bonds. The predicted octanol–water partition coefficient (Wildman–Crippen LogP) is 1.48. The molecule has 1 N–H and O–H groups in total. The molecule has 1 heterocycles. The lowest BCUT2D eigenvalue weighted by Crippen LogP contribution is -2.15. The van der Waals surface area contributed by atoms with E-state index in [2.05, 4.69) is 10.3 Å². The van der Waals surface area contributed by atoms with Gasteiger partial charge in [0.25, 0.3) is 0 Å². The van der Waals surface area contributed by atoms with Crippen LogP contribution in [0.25, 0.3) is 0 Å². The Morgan fingerprint density at radius 3 is 2.53 bits per heavy atom. The van der Waals surface area contributed by atoms with Gasteiger partial charge >= 0.3 is 0 Å². The number of aryl methyl sites for hydroxylation is 1. The van der Waals surface area contributed by atoms with Gasteiger partial charge in [-0.05, 0) is 0 Å². The normalized spacial score (nSPS) is 11.5. The van der Waals surface area contributed by atoms with Gasteiger partial charge in [0, 0.05) is 24.4 Å². The molecule has 0 aliphatic heterocycles.